The number of benzene rings is 1. The molecular formula is C11H8BrFN2O. The molecule has 0 atom stereocenters. The fraction of sp³-hybridized carbons (Fsp3) is 0. The lowest BCUT2D eigenvalue weighted by atomic mass is 10.3. The second kappa shape index (κ2) is 4.49. The lowest BCUT2D eigenvalue weighted by Crippen LogP contribution is -1.95. The van der Waals surface area contributed by atoms with Gasteiger partial charge in [0, 0.05) is 10.7 Å². The molecular weight excluding hydrogens is 275 g/mol. The predicted octanol–water partition coefficient (Wildman–Crippen LogP) is 3.36. The molecule has 2 aromatic rings. The molecule has 0 amide bonds. The number of halogens is 2. The van der Waals surface area contributed by atoms with Crippen molar-refractivity contribution in [2.45, 2.75) is 0 Å². The quantitative estimate of drug-likeness (QED) is 0.860. The Labute approximate surface area is 100 Å². The van der Waals surface area contributed by atoms with Gasteiger partial charge in [-0.15, -0.1) is 0 Å². The maximum atomic E-state index is 13.2. The van der Waals surface area contributed by atoms with Crippen LogP contribution in [0.15, 0.2) is 41.0 Å². The van der Waals surface area contributed by atoms with Crippen LogP contribution in [0.25, 0.3) is 0 Å². The second-order valence-electron chi connectivity index (χ2n) is 3.07. The fourth-order valence-electron chi connectivity index (χ4n) is 1.16. The zero-order valence-electron chi connectivity index (χ0n) is 8.15. The molecule has 3 nitrogen and oxygen atoms in total. The van der Waals surface area contributed by atoms with Crippen molar-refractivity contribution in [3.05, 3.63) is 46.8 Å². The first-order valence-corrected chi connectivity index (χ1v) is 5.29. The summed E-state index contributed by atoms with van der Waals surface area (Å²) in [4.78, 5) is 3.77. The molecule has 82 valence electrons. The number of aromatic nitrogens is 1. The highest BCUT2D eigenvalue weighted by molar-refractivity contribution is 9.10. The molecule has 2 rings (SSSR count). The average Bonchev–Trinajstić information content (AvgIpc) is 2.25. The Balaban J connectivity index is 2.31. The summed E-state index contributed by atoms with van der Waals surface area (Å²) in [5.74, 6) is -0.234. The Morgan fingerprint density at radius 3 is 2.81 bits per heavy atom. The van der Waals surface area contributed by atoms with Gasteiger partial charge in [0.25, 0.3) is 5.88 Å². The Bertz CT molecular complexity index is 519. The first-order chi connectivity index (χ1) is 7.66. The van der Waals surface area contributed by atoms with Crippen molar-refractivity contribution in [3.8, 4) is 11.6 Å². The third-order valence-corrected chi connectivity index (χ3v) is 2.40. The topological polar surface area (TPSA) is 48.1 Å². The molecule has 0 saturated carbocycles. The van der Waals surface area contributed by atoms with Crippen LogP contribution in [0.2, 0.25) is 0 Å². The number of anilines is 1. The van der Waals surface area contributed by atoms with Gasteiger partial charge in [0.1, 0.15) is 0 Å². The molecule has 0 bridgehead atoms. The molecule has 0 aliphatic rings. The number of rotatable bonds is 2. The van der Waals surface area contributed by atoms with Crippen LogP contribution in [-0.2, 0) is 0 Å². The van der Waals surface area contributed by atoms with Crippen molar-refractivity contribution in [1.82, 2.24) is 4.98 Å². The SMILES string of the molecule is Nc1cc(Br)ccc1Oc1ncccc1F. The molecule has 1 aromatic carbocycles. The van der Waals surface area contributed by atoms with Crippen molar-refractivity contribution in [1.29, 1.82) is 0 Å². The van der Waals surface area contributed by atoms with E-state index in [-0.39, 0.29) is 5.88 Å². The van der Waals surface area contributed by atoms with E-state index in [9.17, 15) is 4.39 Å². The Kier molecular flexibility index (Phi) is 3.05. The molecule has 0 aliphatic carbocycles. The summed E-state index contributed by atoms with van der Waals surface area (Å²) in [5.41, 5.74) is 6.13. The van der Waals surface area contributed by atoms with Gasteiger partial charge in [0.2, 0.25) is 0 Å². The summed E-state index contributed by atoms with van der Waals surface area (Å²) >= 11 is 3.27. The van der Waals surface area contributed by atoms with Crippen LogP contribution in [0.5, 0.6) is 11.6 Å². The number of nitrogens with zero attached hydrogens (tertiary/aromatic N) is 1. The van der Waals surface area contributed by atoms with Gasteiger partial charge in [-0.25, -0.2) is 9.37 Å². The van der Waals surface area contributed by atoms with Gasteiger partial charge in [0.05, 0.1) is 5.69 Å². The predicted molar refractivity (Wildman–Crippen MR) is 62.8 cm³/mol. The van der Waals surface area contributed by atoms with E-state index in [1.165, 1.54) is 18.3 Å². The normalized spacial score (nSPS) is 10.1. The van der Waals surface area contributed by atoms with E-state index in [0.717, 1.165) is 4.47 Å². The number of hydrogen-bond acceptors (Lipinski definition) is 3. The van der Waals surface area contributed by atoms with Crippen LogP contribution < -0.4 is 10.5 Å². The van der Waals surface area contributed by atoms with E-state index in [1.807, 2.05) is 0 Å². The van der Waals surface area contributed by atoms with Crippen LogP contribution in [0.1, 0.15) is 0 Å². The first-order valence-electron chi connectivity index (χ1n) is 4.50. The highest BCUT2D eigenvalue weighted by atomic mass is 79.9. The Morgan fingerprint density at radius 1 is 1.31 bits per heavy atom. The number of ether oxygens (including phenoxy) is 1. The molecule has 0 radical (unpaired) electrons. The lowest BCUT2D eigenvalue weighted by Gasteiger charge is -2.07. The van der Waals surface area contributed by atoms with Crippen molar-refractivity contribution in [3.63, 3.8) is 0 Å². The van der Waals surface area contributed by atoms with Crippen molar-refractivity contribution < 1.29 is 9.13 Å². The molecule has 1 aromatic heterocycles. The van der Waals surface area contributed by atoms with Crippen molar-refractivity contribution >= 4 is 21.6 Å². The smallest absolute Gasteiger partial charge is 0.255 e. The molecule has 5 heteroatoms. The van der Waals surface area contributed by atoms with Crippen LogP contribution in [0.4, 0.5) is 10.1 Å². The fourth-order valence-corrected chi connectivity index (χ4v) is 1.54. The van der Waals surface area contributed by atoms with Gasteiger partial charge in [-0.05, 0) is 30.3 Å². The second-order valence-corrected chi connectivity index (χ2v) is 3.99. The number of nitrogens with two attached hydrogens (primary N) is 1. The maximum Gasteiger partial charge on any atom is 0.255 e. The van der Waals surface area contributed by atoms with E-state index in [2.05, 4.69) is 20.9 Å². The number of hydrogen-bond donors (Lipinski definition) is 1. The minimum atomic E-state index is -0.523. The summed E-state index contributed by atoms with van der Waals surface area (Å²) in [6, 6.07) is 7.85. The summed E-state index contributed by atoms with van der Waals surface area (Å²) in [7, 11) is 0. The number of pyridine rings is 1. The van der Waals surface area contributed by atoms with Gasteiger partial charge in [0.15, 0.2) is 11.6 Å². The molecule has 1 heterocycles. The van der Waals surface area contributed by atoms with Crippen molar-refractivity contribution in [2.75, 3.05) is 5.73 Å². The number of nitrogen functional groups attached to an aromatic ring is 1. The van der Waals surface area contributed by atoms with E-state index in [0.29, 0.717) is 11.4 Å². The minimum absolute atomic E-state index is 0.0866. The highest BCUT2D eigenvalue weighted by Crippen LogP contribution is 2.29. The third-order valence-electron chi connectivity index (χ3n) is 1.90. The van der Waals surface area contributed by atoms with Gasteiger partial charge < -0.3 is 10.5 Å². The van der Waals surface area contributed by atoms with E-state index in [4.69, 9.17) is 10.5 Å². The molecule has 0 aliphatic heterocycles. The molecule has 2 N–H and O–H groups in total. The summed E-state index contributed by atoms with van der Waals surface area (Å²) in [6.45, 7) is 0. The third kappa shape index (κ3) is 2.30. The standard InChI is InChI=1S/C11H8BrFN2O/c12-7-3-4-10(9(14)6-7)16-11-8(13)2-1-5-15-11/h1-6H,14H2. The highest BCUT2D eigenvalue weighted by Gasteiger charge is 2.07. The van der Waals surface area contributed by atoms with Crippen LogP contribution in [0, 0.1) is 5.82 Å². The van der Waals surface area contributed by atoms with E-state index < -0.39 is 5.82 Å². The average molecular weight is 283 g/mol. The molecule has 0 spiro atoms. The van der Waals surface area contributed by atoms with E-state index >= 15 is 0 Å². The molecule has 0 unspecified atom stereocenters. The Morgan fingerprint density at radius 2 is 2.12 bits per heavy atom. The van der Waals surface area contributed by atoms with E-state index in [1.54, 1.807) is 18.2 Å². The molecule has 0 fully saturated rings. The molecule has 0 saturated heterocycles. The van der Waals surface area contributed by atoms with Crippen LogP contribution >= 0.6 is 15.9 Å². The zero-order chi connectivity index (χ0) is 11.5. The zero-order valence-corrected chi connectivity index (χ0v) is 9.74. The van der Waals surface area contributed by atoms with Gasteiger partial charge >= 0.3 is 0 Å². The maximum absolute atomic E-state index is 13.2. The van der Waals surface area contributed by atoms with Crippen molar-refractivity contribution in [2.24, 2.45) is 0 Å². The van der Waals surface area contributed by atoms with Gasteiger partial charge in [-0.1, -0.05) is 15.9 Å². The van der Waals surface area contributed by atoms with Crippen LogP contribution in [0.3, 0.4) is 0 Å². The summed E-state index contributed by atoms with van der Waals surface area (Å²) in [5, 5.41) is 0. The Hall–Kier alpha value is -1.62. The summed E-state index contributed by atoms with van der Waals surface area (Å²) in [6.07, 6.45) is 1.45. The van der Waals surface area contributed by atoms with Crippen LogP contribution in [-0.4, -0.2) is 4.98 Å². The van der Waals surface area contributed by atoms with Gasteiger partial charge in [-0.2, -0.15) is 0 Å². The first kappa shape index (κ1) is 10.9. The largest absolute Gasteiger partial charge is 0.434 e. The summed E-state index contributed by atoms with van der Waals surface area (Å²) < 4.78 is 19.3. The lowest BCUT2D eigenvalue weighted by molar-refractivity contribution is 0.424. The monoisotopic (exact) mass is 282 g/mol. The van der Waals surface area contributed by atoms with Gasteiger partial charge in [-0.3, -0.25) is 0 Å². The molecule has 16 heavy (non-hydrogen) atoms. The minimum Gasteiger partial charge on any atom is -0.434 e.